The molecule has 26 heavy (non-hydrogen) atoms. The Bertz CT molecular complexity index is 534. The quantitative estimate of drug-likeness (QED) is 0.367. The number of fused-ring (bicyclic) bond motifs is 1. The summed E-state index contributed by atoms with van der Waals surface area (Å²) in [5, 5.41) is 2.80. The van der Waals surface area contributed by atoms with Gasteiger partial charge in [0.05, 0.1) is 24.1 Å². The molecule has 6 heteroatoms. The van der Waals surface area contributed by atoms with Gasteiger partial charge in [-0.2, -0.15) is 0 Å². The van der Waals surface area contributed by atoms with Crippen molar-refractivity contribution in [2.45, 2.75) is 52.9 Å². The summed E-state index contributed by atoms with van der Waals surface area (Å²) in [6, 6.07) is 0. The van der Waals surface area contributed by atoms with E-state index in [1.807, 2.05) is 0 Å². The molecule has 1 aliphatic carbocycles. The Morgan fingerprint density at radius 1 is 1.15 bits per heavy atom. The predicted molar refractivity (Wildman–Crippen MR) is 98.9 cm³/mol. The molecule has 0 aromatic heterocycles. The van der Waals surface area contributed by atoms with Crippen LogP contribution in [0, 0.1) is 23.7 Å². The van der Waals surface area contributed by atoms with Crippen molar-refractivity contribution in [1.82, 2.24) is 10.2 Å². The molecule has 1 saturated heterocycles. The first kappa shape index (κ1) is 20.5. The lowest BCUT2D eigenvalue weighted by Crippen LogP contribution is -2.34. The third kappa shape index (κ3) is 4.86. The van der Waals surface area contributed by atoms with E-state index in [1.54, 1.807) is 6.92 Å². The second-order valence-electron chi connectivity index (χ2n) is 7.78. The third-order valence-corrected chi connectivity index (χ3v) is 5.52. The van der Waals surface area contributed by atoms with Crippen molar-refractivity contribution in [3.8, 4) is 0 Å². The van der Waals surface area contributed by atoms with Crippen LogP contribution in [-0.2, 0) is 19.1 Å². The molecule has 0 radical (unpaired) electrons. The standard InChI is InChI=1S/C20H32N2O4/c1-13(2)26-11-9-21-16(23)8-6-5-7-10-22-19(24)17-14(3)12-15(4)18(17)20(22)25/h14-15,17-18H,1,5-12H2,2-4H3,(H,21,23). The van der Waals surface area contributed by atoms with Gasteiger partial charge in [-0.3, -0.25) is 19.3 Å². The Kier molecular flexibility index (Phi) is 7.23. The SMILES string of the molecule is C=C(C)OCCNC(=O)CCCCCN1C(=O)C2C(C)CC(C)C2C1=O. The van der Waals surface area contributed by atoms with Crippen LogP contribution in [0.4, 0.5) is 0 Å². The average Bonchev–Trinajstić information content (AvgIpc) is 3.00. The molecular weight excluding hydrogens is 332 g/mol. The number of likely N-dealkylation sites (tertiary alicyclic amines) is 1. The Labute approximate surface area is 156 Å². The van der Waals surface area contributed by atoms with E-state index in [0.717, 1.165) is 25.7 Å². The van der Waals surface area contributed by atoms with Crippen LogP contribution < -0.4 is 5.32 Å². The van der Waals surface area contributed by atoms with Gasteiger partial charge in [0.15, 0.2) is 0 Å². The smallest absolute Gasteiger partial charge is 0.233 e. The molecule has 6 nitrogen and oxygen atoms in total. The maximum atomic E-state index is 12.5. The van der Waals surface area contributed by atoms with Gasteiger partial charge in [0, 0.05) is 13.0 Å². The van der Waals surface area contributed by atoms with Crippen LogP contribution >= 0.6 is 0 Å². The van der Waals surface area contributed by atoms with Gasteiger partial charge in [0.1, 0.15) is 6.61 Å². The number of ether oxygens (including phenoxy) is 1. The van der Waals surface area contributed by atoms with Gasteiger partial charge >= 0.3 is 0 Å². The molecule has 1 aliphatic heterocycles. The highest BCUT2D eigenvalue weighted by Crippen LogP contribution is 2.47. The third-order valence-electron chi connectivity index (χ3n) is 5.52. The average molecular weight is 364 g/mol. The number of imide groups is 1. The number of nitrogens with zero attached hydrogens (tertiary/aromatic N) is 1. The normalized spacial score (nSPS) is 27.6. The summed E-state index contributed by atoms with van der Waals surface area (Å²) >= 11 is 0. The summed E-state index contributed by atoms with van der Waals surface area (Å²) in [6.45, 7) is 10.9. The summed E-state index contributed by atoms with van der Waals surface area (Å²) in [7, 11) is 0. The number of nitrogens with one attached hydrogen (secondary N) is 1. The Balaban J connectivity index is 1.62. The second-order valence-corrected chi connectivity index (χ2v) is 7.78. The van der Waals surface area contributed by atoms with E-state index in [1.165, 1.54) is 4.90 Å². The zero-order valence-corrected chi connectivity index (χ0v) is 16.3. The van der Waals surface area contributed by atoms with E-state index < -0.39 is 0 Å². The minimum absolute atomic E-state index is 0.000761. The highest BCUT2D eigenvalue weighted by molar-refractivity contribution is 6.05. The van der Waals surface area contributed by atoms with Gasteiger partial charge in [-0.1, -0.05) is 26.8 Å². The van der Waals surface area contributed by atoms with Crippen molar-refractivity contribution < 1.29 is 19.1 Å². The summed E-state index contributed by atoms with van der Waals surface area (Å²) < 4.78 is 5.18. The summed E-state index contributed by atoms with van der Waals surface area (Å²) in [5.74, 6) is 1.07. The van der Waals surface area contributed by atoms with E-state index in [2.05, 4.69) is 25.7 Å². The van der Waals surface area contributed by atoms with Gasteiger partial charge in [-0.05, 0) is 38.0 Å². The van der Waals surface area contributed by atoms with Gasteiger partial charge in [-0.25, -0.2) is 0 Å². The lowest BCUT2D eigenvalue weighted by molar-refractivity contribution is -0.141. The van der Waals surface area contributed by atoms with E-state index in [0.29, 0.717) is 43.7 Å². The molecule has 3 amide bonds. The molecule has 1 N–H and O–H groups in total. The van der Waals surface area contributed by atoms with Crippen LogP contribution in [-0.4, -0.2) is 42.3 Å². The van der Waals surface area contributed by atoms with Crippen LogP contribution in [0.15, 0.2) is 12.3 Å². The molecule has 146 valence electrons. The molecule has 2 rings (SSSR count). The monoisotopic (exact) mass is 364 g/mol. The Hall–Kier alpha value is -1.85. The summed E-state index contributed by atoms with van der Waals surface area (Å²) in [6.07, 6.45) is 3.75. The zero-order valence-electron chi connectivity index (χ0n) is 16.3. The molecule has 0 aromatic rings. The van der Waals surface area contributed by atoms with Gasteiger partial charge in [0.2, 0.25) is 17.7 Å². The number of unbranched alkanes of at least 4 members (excludes halogenated alkanes) is 2. The summed E-state index contributed by atoms with van der Waals surface area (Å²) in [5.41, 5.74) is 0. The molecule has 1 saturated carbocycles. The van der Waals surface area contributed by atoms with E-state index in [-0.39, 0.29) is 29.6 Å². The maximum absolute atomic E-state index is 12.5. The van der Waals surface area contributed by atoms with Gasteiger partial charge in [0.25, 0.3) is 0 Å². The molecule has 2 fully saturated rings. The maximum Gasteiger partial charge on any atom is 0.233 e. The van der Waals surface area contributed by atoms with Crippen molar-refractivity contribution in [3.63, 3.8) is 0 Å². The number of hydrogen-bond donors (Lipinski definition) is 1. The fraction of sp³-hybridized carbons (Fsp3) is 0.750. The molecule has 0 aromatic carbocycles. The fourth-order valence-corrected chi connectivity index (χ4v) is 4.31. The molecule has 4 atom stereocenters. The highest BCUT2D eigenvalue weighted by Gasteiger charge is 2.55. The first-order valence-corrected chi connectivity index (χ1v) is 9.73. The summed E-state index contributed by atoms with van der Waals surface area (Å²) in [4.78, 5) is 38.3. The van der Waals surface area contributed by atoms with Crippen molar-refractivity contribution in [2.75, 3.05) is 19.7 Å². The lowest BCUT2D eigenvalue weighted by atomic mass is 9.91. The topological polar surface area (TPSA) is 75.7 Å². The molecule has 1 heterocycles. The molecule has 0 bridgehead atoms. The van der Waals surface area contributed by atoms with Gasteiger partial charge < -0.3 is 10.1 Å². The van der Waals surface area contributed by atoms with Crippen LogP contribution in [0.3, 0.4) is 0 Å². The molecule has 2 aliphatic rings. The lowest BCUT2D eigenvalue weighted by Gasteiger charge is -2.18. The van der Waals surface area contributed by atoms with Crippen LogP contribution in [0.1, 0.15) is 52.9 Å². The first-order valence-electron chi connectivity index (χ1n) is 9.73. The molecular formula is C20H32N2O4. The zero-order chi connectivity index (χ0) is 19.3. The minimum Gasteiger partial charge on any atom is -0.497 e. The molecule has 0 spiro atoms. The molecule has 4 unspecified atom stereocenters. The first-order chi connectivity index (χ1) is 12.3. The highest BCUT2D eigenvalue weighted by atomic mass is 16.5. The largest absolute Gasteiger partial charge is 0.497 e. The van der Waals surface area contributed by atoms with E-state index >= 15 is 0 Å². The number of amides is 3. The predicted octanol–water partition coefficient (Wildman–Crippen LogP) is 2.49. The number of hydrogen-bond acceptors (Lipinski definition) is 4. The Morgan fingerprint density at radius 3 is 2.35 bits per heavy atom. The van der Waals surface area contributed by atoms with E-state index in [9.17, 15) is 14.4 Å². The van der Waals surface area contributed by atoms with E-state index in [4.69, 9.17) is 4.74 Å². The van der Waals surface area contributed by atoms with Crippen LogP contribution in [0.2, 0.25) is 0 Å². The Morgan fingerprint density at radius 2 is 1.77 bits per heavy atom. The second kappa shape index (κ2) is 9.19. The fourth-order valence-electron chi connectivity index (χ4n) is 4.31. The number of rotatable bonds is 10. The van der Waals surface area contributed by atoms with Crippen molar-refractivity contribution >= 4 is 17.7 Å². The van der Waals surface area contributed by atoms with Crippen LogP contribution in [0.25, 0.3) is 0 Å². The number of carbonyl (C=O) groups excluding carboxylic acids is 3. The number of allylic oxidation sites excluding steroid dienone is 1. The number of carbonyl (C=O) groups is 3. The van der Waals surface area contributed by atoms with Crippen molar-refractivity contribution in [3.05, 3.63) is 12.3 Å². The van der Waals surface area contributed by atoms with Crippen molar-refractivity contribution in [1.29, 1.82) is 0 Å². The van der Waals surface area contributed by atoms with Crippen LogP contribution in [0.5, 0.6) is 0 Å². The minimum atomic E-state index is -0.107. The van der Waals surface area contributed by atoms with Gasteiger partial charge in [-0.15, -0.1) is 0 Å². The van der Waals surface area contributed by atoms with Crippen molar-refractivity contribution in [2.24, 2.45) is 23.7 Å².